The Morgan fingerprint density at radius 2 is 2.11 bits per heavy atom. The number of hydrogen-bond donors (Lipinski definition) is 4. The fraction of sp³-hybridized carbons (Fsp3) is 0.421. The van der Waals surface area contributed by atoms with Crippen molar-refractivity contribution in [2.45, 2.75) is 44.3 Å². The number of aromatic nitrogens is 1. The highest BCUT2D eigenvalue weighted by Crippen LogP contribution is 2.22. The van der Waals surface area contributed by atoms with Crippen LogP contribution < -0.4 is 11.1 Å². The van der Waals surface area contributed by atoms with Crippen LogP contribution in [0.25, 0.3) is 10.9 Å². The Hall–Kier alpha value is -2.87. The summed E-state index contributed by atoms with van der Waals surface area (Å²) >= 11 is 0. The van der Waals surface area contributed by atoms with Gasteiger partial charge >= 0.3 is 5.97 Å². The van der Waals surface area contributed by atoms with Gasteiger partial charge < -0.3 is 26.0 Å². The Bertz CT molecular complexity index is 862. The lowest BCUT2D eigenvalue weighted by atomic mass is 10.0. The first kappa shape index (κ1) is 18.9. The first-order chi connectivity index (χ1) is 12.9. The van der Waals surface area contributed by atoms with Gasteiger partial charge in [0.15, 0.2) is 0 Å². The van der Waals surface area contributed by atoms with Crippen LogP contribution in [0.1, 0.15) is 25.3 Å². The first-order valence-corrected chi connectivity index (χ1v) is 9.02. The van der Waals surface area contributed by atoms with Gasteiger partial charge in [0.25, 0.3) is 0 Å². The number of nitrogens with one attached hydrogen (secondary N) is 2. The van der Waals surface area contributed by atoms with Gasteiger partial charge in [-0.05, 0) is 37.8 Å². The Balaban J connectivity index is 1.68. The first-order valence-electron chi connectivity index (χ1n) is 9.02. The van der Waals surface area contributed by atoms with Crippen molar-refractivity contribution in [1.82, 2.24) is 15.2 Å². The van der Waals surface area contributed by atoms with Crippen molar-refractivity contribution in [1.29, 1.82) is 0 Å². The number of hydrogen-bond acceptors (Lipinski definition) is 4. The highest BCUT2D eigenvalue weighted by atomic mass is 16.4. The fourth-order valence-electron chi connectivity index (χ4n) is 3.51. The number of rotatable bonds is 6. The second-order valence-corrected chi connectivity index (χ2v) is 6.93. The van der Waals surface area contributed by atoms with Gasteiger partial charge in [-0.1, -0.05) is 18.2 Å². The lowest BCUT2D eigenvalue weighted by molar-refractivity contribution is -0.143. The molecule has 1 aromatic heterocycles. The Labute approximate surface area is 156 Å². The number of carbonyl (C=O) groups excluding carboxylic acids is 2. The summed E-state index contributed by atoms with van der Waals surface area (Å²) in [6.07, 6.45) is 3.40. The molecule has 0 bridgehead atoms. The number of carbonyl (C=O) groups is 3. The largest absolute Gasteiger partial charge is 0.480 e. The third-order valence-electron chi connectivity index (χ3n) is 5.00. The van der Waals surface area contributed by atoms with Gasteiger partial charge in [0.1, 0.15) is 12.1 Å². The molecule has 0 saturated carbocycles. The summed E-state index contributed by atoms with van der Waals surface area (Å²) < 4.78 is 0. The molecular weight excluding hydrogens is 348 g/mol. The smallest absolute Gasteiger partial charge is 0.325 e. The van der Waals surface area contributed by atoms with E-state index in [0.29, 0.717) is 25.8 Å². The number of aromatic amines is 1. The van der Waals surface area contributed by atoms with Gasteiger partial charge in [-0.15, -0.1) is 0 Å². The normalized spacial score (nSPS) is 19.0. The monoisotopic (exact) mass is 372 g/mol. The van der Waals surface area contributed by atoms with Crippen molar-refractivity contribution in [3.63, 3.8) is 0 Å². The molecule has 144 valence electrons. The number of likely N-dealkylation sites (tertiary alicyclic amines) is 1. The van der Waals surface area contributed by atoms with Crippen LogP contribution >= 0.6 is 0 Å². The molecule has 2 amide bonds. The molecule has 0 aliphatic carbocycles. The number of amides is 2. The summed E-state index contributed by atoms with van der Waals surface area (Å²) in [5, 5.41) is 12.4. The summed E-state index contributed by atoms with van der Waals surface area (Å²) in [6.45, 7) is 1.84. The molecule has 0 spiro atoms. The van der Waals surface area contributed by atoms with Crippen molar-refractivity contribution >= 4 is 28.7 Å². The van der Waals surface area contributed by atoms with Crippen LogP contribution in [-0.2, 0) is 20.8 Å². The Morgan fingerprint density at radius 1 is 1.37 bits per heavy atom. The number of fused-ring (bicyclic) bond motifs is 1. The molecule has 0 radical (unpaired) electrons. The zero-order valence-electron chi connectivity index (χ0n) is 15.1. The number of nitrogens with zero attached hydrogens (tertiary/aromatic N) is 1. The van der Waals surface area contributed by atoms with Crippen LogP contribution in [0, 0.1) is 0 Å². The predicted molar refractivity (Wildman–Crippen MR) is 100.0 cm³/mol. The summed E-state index contributed by atoms with van der Waals surface area (Å²) in [7, 11) is 0. The lowest BCUT2D eigenvalue weighted by Crippen LogP contribution is -2.53. The maximum Gasteiger partial charge on any atom is 0.325 e. The average Bonchev–Trinajstić information content (AvgIpc) is 3.28. The van der Waals surface area contributed by atoms with Crippen molar-refractivity contribution in [2.75, 3.05) is 6.54 Å². The second-order valence-electron chi connectivity index (χ2n) is 6.93. The molecule has 1 aliphatic rings. The highest BCUT2D eigenvalue weighted by molar-refractivity contribution is 5.92. The lowest BCUT2D eigenvalue weighted by Gasteiger charge is -2.27. The van der Waals surface area contributed by atoms with E-state index in [1.165, 1.54) is 11.8 Å². The minimum atomic E-state index is -1.12. The summed E-state index contributed by atoms with van der Waals surface area (Å²) in [6, 6.07) is 5.34. The topological polar surface area (TPSA) is 129 Å². The molecule has 1 aromatic carbocycles. The van der Waals surface area contributed by atoms with Crippen molar-refractivity contribution < 1.29 is 19.5 Å². The number of benzene rings is 1. The zero-order valence-corrected chi connectivity index (χ0v) is 15.1. The zero-order chi connectivity index (χ0) is 19.6. The Morgan fingerprint density at radius 3 is 2.85 bits per heavy atom. The van der Waals surface area contributed by atoms with Crippen molar-refractivity contribution in [3.8, 4) is 0 Å². The number of nitrogens with two attached hydrogens (primary N) is 1. The molecule has 3 unspecified atom stereocenters. The SMILES string of the molecule is CC(NC(=O)C1CCCN1C(=O)C(N)Cc1c[nH]c2ccccc12)C(=O)O. The van der Waals surface area contributed by atoms with Gasteiger partial charge in [0.2, 0.25) is 11.8 Å². The van der Waals surface area contributed by atoms with Crippen LogP contribution in [0.2, 0.25) is 0 Å². The highest BCUT2D eigenvalue weighted by Gasteiger charge is 2.37. The average molecular weight is 372 g/mol. The molecule has 2 heterocycles. The quantitative estimate of drug-likeness (QED) is 0.591. The Kier molecular flexibility index (Phi) is 5.46. The van der Waals surface area contributed by atoms with Gasteiger partial charge in [0.05, 0.1) is 6.04 Å². The minimum Gasteiger partial charge on any atom is -0.480 e. The van der Waals surface area contributed by atoms with E-state index in [2.05, 4.69) is 10.3 Å². The molecule has 1 saturated heterocycles. The minimum absolute atomic E-state index is 0.291. The predicted octanol–water partition coefficient (Wildman–Crippen LogP) is 0.618. The molecule has 3 rings (SSSR count). The molecule has 1 aliphatic heterocycles. The van der Waals surface area contributed by atoms with E-state index in [-0.39, 0.29) is 5.91 Å². The van der Waals surface area contributed by atoms with Crippen LogP contribution in [0.5, 0.6) is 0 Å². The van der Waals surface area contributed by atoms with E-state index in [9.17, 15) is 14.4 Å². The van der Waals surface area contributed by atoms with Crippen LogP contribution in [0.4, 0.5) is 0 Å². The fourth-order valence-corrected chi connectivity index (χ4v) is 3.51. The summed E-state index contributed by atoms with van der Waals surface area (Å²) in [5.74, 6) is -1.86. The molecule has 1 fully saturated rings. The maximum absolute atomic E-state index is 12.8. The van der Waals surface area contributed by atoms with Crippen LogP contribution in [0.3, 0.4) is 0 Å². The molecule has 5 N–H and O–H groups in total. The molecule has 8 nitrogen and oxygen atoms in total. The van der Waals surface area contributed by atoms with Gasteiger partial charge in [0, 0.05) is 23.6 Å². The molecular formula is C19H24N4O4. The molecule has 8 heteroatoms. The van der Waals surface area contributed by atoms with E-state index < -0.39 is 30.0 Å². The van der Waals surface area contributed by atoms with E-state index in [1.54, 1.807) is 0 Å². The van der Waals surface area contributed by atoms with Gasteiger partial charge in [-0.25, -0.2) is 0 Å². The van der Waals surface area contributed by atoms with E-state index >= 15 is 0 Å². The van der Waals surface area contributed by atoms with Crippen molar-refractivity contribution in [2.24, 2.45) is 5.73 Å². The van der Waals surface area contributed by atoms with Crippen LogP contribution in [-0.4, -0.2) is 57.4 Å². The number of aliphatic carboxylic acids is 1. The number of H-pyrrole nitrogens is 1. The van der Waals surface area contributed by atoms with Crippen LogP contribution in [0.15, 0.2) is 30.5 Å². The van der Waals surface area contributed by atoms with Crippen molar-refractivity contribution in [3.05, 3.63) is 36.0 Å². The summed E-state index contributed by atoms with van der Waals surface area (Å²) in [4.78, 5) is 40.8. The van der Waals surface area contributed by atoms with Gasteiger partial charge in [-0.3, -0.25) is 14.4 Å². The van der Waals surface area contributed by atoms with E-state index in [1.807, 2.05) is 30.5 Å². The van der Waals surface area contributed by atoms with E-state index in [4.69, 9.17) is 10.8 Å². The summed E-state index contributed by atoms with van der Waals surface area (Å²) in [5.41, 5.74) is 8.09. The number of carboxylic acids is 1. The number of carboxylic acid groups (broad SMARTS) is 1. The standard InChI is InChI=1S/C19H24N4O4/c1-11(19(26)27)22-17(24)16-7-4-8-23(16)18(25)14(20)9-12-10-21-15-6-3-2-5-13(12)15/h2-3,5-6,10-11,14,16,21H,4,7-9,20H2,1H3,(H,22,24)(H,26,27). The van der Waals surface area contributed by atoms with E-state index in [0.717, 1.165) is 16.5 Å². The van der Waals surface area contributed by atoms with Gasteiger partial charge in [-0.2, -0.15) is 0 Å². The maximum atomic E-state index is 12.8. The second kappa shape index (κ2) is 7.79. The molecule has 3 atom stereocenters. The number of para-hydroxylation sites is 1. The molecule has 27 heavy (non-hydrogen) atoms. The molecule has 2 aromatic rings. The third kappa shape index (κ3) is 3.95. The third-order valence-corrected chi connectivity index (χ3v) is 5.00.